The summed E-state index contributed by atoms with van der Waals surface area (Å²) >= 11 is 0. The fourth-order valence-corrected chi connectivity index (χ4v) is 1.50. The Morgan fingerprint density at radius 2 is 2.20 bits per heavy atom. The molecule has 15 heavy (non-hydrogen) atoms. The SMILES string of the molecule is COC(=O)c1c(F)ccc2cc(C)oc12. The monoisotopic (exact) mass is 208 g/mol. The van der Waals surface area contributed by atoms with E-state index in [0.717, 1.165) is 0 Å². The number of esters is 1. The van der Waals surface area contributed by atoms with Gasteiger partial charge in [0.2, 0.25) is 0 Å². The largest absolute Gasteiger partial charge is 0.465 e. The minimum Gasteiger partial charge on any atom is -0.465 e. The molecule has 0 N–H and O–H groups in total. The zero-order valence-electron chi connectivity index (χ0n) is 8.33. The second-order valence-electron chi connectivity index (χ2n) is 3.19. The third-order valence-corrected chi connectivity index (χ3v) is 2.15. The summed E-state index contributed by atoms with van der Waals surface area (Å²) < 4.78 is 23.2. The first-order valence-electron chi connectivity index (χ1n) is 4.40. The van der Waals surface area contributed by atoms with Crippen molar-refractivity contribution in [1.82, 2.24) is 0 Å². The van der Waals surface area contributed by atoms with Crippen LogP contribution in [0.2, 0.25) is 0 Å². The molecule has 2 rings (SSSR count). The highest BCUT2D eigenvalue weighted by atomic mass is 19.1. The van der Waals surface area contributed by atoms with Gasteiger partial charge in [-0.05, 0) is 25.1 Å². The van der Waals surface area contributed by atoms with Gasteiger partial charge in [0.05, 0.1) is 7.11 Å². The molecule has 0 aliphatic rings. The van der Waals surface area contributed by atoms with Gasteiger partial charge in [0.15, 0.2) is 5.58 Å². The fourth-order valence-electron chi connectivity index (χ4n) is 1.50. The van der Waals surface area contributed by atoms with Crippen LogP contribution in [-0.4, -0.2) is 13.1 Å². The Hall–Kier alpha value is -1.84. The maximum Gasteiger partial charge on any atom is 0.344 e. The quantitative estimate of drug-likeness (QED) is 0.676. The van der Waals surface area contributed by atoms with Gasteiger partial charge >= 0.3 is 5.97 Å². The van der Waals surface area contributed by atoms with Crippen LogP contribution in [-0.2, 0) is 4.74 Å². The average Bonchev–Trinajstić information content (AvgIpc) is 2.57. The van der Waals surface area contributed by atoms with E-state index in [1.165, 1.54) is 13.2 Å². The van der Waals surface area contributed by atoms with E-state index in [2.05, 4.69) is 4.74 Å². The number of rotatable bonds is 1. The summed E-state index contributed by atoms with van der Waals surface area (Å²) in [5.74, 6) is -0.739. The Morgan fingerprint density at radius 3 is 2.87 bits per heavy atom. The van der Waals surface area contributed by atoms with Gasteiger partial charge in [-0.2, -0.15) is 0 Å². The Kier molecular flexibility index (Phi) is 2.19. The van der Waals surface area contributed by atoms with Gasteiger partial charge in [0, 0.05) is 5.39 Å². The zero-order chi connectivity index (χ0) is 11.0. The van der Waals surface area contributed by atoms with Gasteiger partial charge in [-0.15, -0.1) is 0 Å². The molecule has 2 aromatic rings. The molecule has 0 bridgehead atoms. The van der Waals surface area contributed by atoms with Crippen molar-refractivity contribution in [1.29, 1.82) is 0 Å². The molecule has 78 valence electrons. The maximum absolute atomic E-state index is 13.4. The number of ether oxygens (including phenoxy) is 1. The van der Waals surface area contributed by atoms with Crippen molar-refractivity contribution in [3.8, 4) is 0 Å². The number of carbonyl (C=O) groups excluding carboxylic acids is 1. The van der Waals surface area contributed by atoms with Crippen molar-refractivity contribution in [3.05, 3.63) is 35.3 Å². The lowest BCUT2D eigenvalue weighted by molar-refractivity contribution is 0.0596. The summed E-state index contributed by atoms with van der Waals surface area (Å²) in [5.41, 5.74) is 0.0856. The molecule has 0 fully saturated rings. The van der Waals surface area contributed by atoms with E-state index in [9.17, 15) is 9.18 Å². The fraction of sp³-hybridized carbons (Fsp3) is 0.182. The smallest absolute Gasteiger partial charge is 0.344 e. The highest BCUT2D eigenvalue weighted by Crippen LogP contribution is 2.25. The van der Waals surface area contributed by atoms with Crippen LogP contribution in [0.1, 0.15) is 16.1 Å². The van der Waals surface area contributed by atoms with Crippen LogP contribution < -0.4 is 0 Å². The maximum atomic E-state index is 13.4. The molecule has 0 amide bonds. The first-order valence-corrected chi connectivity index (χ1v) is 4.40. The highest BCUT2D eigenvalue weighted by Gasteiger charge is 2.19. The van der Waals surface area contributed by atoms with Gasteiger partial charge in [-0.3, -0.25) is 0 Å². The van der Waals surface area contributed by atoms with Crippen molar-refractivity contribution in [2.75, 3.05) is 7.11 Å². The molecule has 0 unspecified atom stereocenters. The van der Waals surface area contributed by atoms with E-state index < -0.39 is 11.8 Å². The standard InChI is InChI=1S/C11H9FO3/c1-6-5-7-3-4-8(12)9(10(7)15-6)11(13)14-2/h3-5H,1-2H3. The van der Waals surface area contributed by atoms with Gasteiger partial charge in [0.1, 0.15) is 17.1 Å². The molecule has 0 atom stereocenters. The van der Waals surface area contributed by atoms with Crippen LogP contribution in [0, 0.1) is 12.7 Å². The van der Waals surface area contributed by atoms with E-state index >= 15 is 0 Å². The Balaban J connectivity index is 2.78. The van der Waals surface area contributed by atoms with Crippen LogP contribution in [0.25, 0.3) is 11.0 Å². The van der Waals surface area contributed by atoms with Crippen molar-refractivity contribution >= 4 is 16.9 Å². The summed E-state index contributed by atoms with van der Waals surface area (Å²) in [5, 5.41) is 0.689. The van der Waals surface area contributed by atoms with Gasteiger partial charge in [-0.1, -0.05) is 0 Å². The van der Waals surface area contributed by atoms with Crippen LogP contribution in [0.3, 0.4) is 0 Å². The molecule has 0 saturated carbocycles. The molecule has 0 radical (unpaired) electrons. The normalized spacial score (nSPS) is 10.6. The lowest BCUT2D eigenvalue weighted by Crippen LogP contribution is -2.04. The van der Waals surface area contributed by atoms with Gasteiger partial charge in [-0.25, -0.2) is 9.18 Å². The summed E-state index contributed by atoms with van der Waals surface area (Å²) in [6.45, 7) is 1.74. The number of carbonyl (C=O) groups is 1. The molecular weight excluding hydrogens is 199 g/mol. The van der Waals surface area contributed by atoms with Crippen molar-refractivity contribution in [2.45, 2.75) is 6.92 Å². The van der Waals surface area contributed by atoms with Crippen molar-refractivity contribution in [2.24, 2.45) is 0 Å². The highest BCUT2D eigenvalue weighted by molar-refractivity contribution is 6.02. The third-order valence-electron chi connectivity index (χ3n) is 2.15. The Bertz CT molecular complexity index is 528. The summed E-state index contributed by atoms with van der Waals surface area (Å²) in [6.07, 6.45) is 0. The minimum atomic E-state index is -0.729. The summed E-state index contributed by atoms with van der Waals surface area (Å²) in [7, 11) is 1.20. The van der Waals surface area contributed by atoms with E-state index in [-0.39, 0.29) is 11.1 Å². The number of fused-ring (bicyclic) bond motifs is 1. The third kappa shape index (κ3) is 1.48. The van der Waals surface area contributed by atoms with Gasteiger partial charge < -0.3 is 9.15 Å². The number of furan rings is 1. The molecule has 1 aromatic heterocycles. The first-order chi connectivity index (χ1) is 7.13. The lowest BCUT2D eigenvalue weighted by Gasteiger charge is -2.01. The van der Waals surface area contributed by atoms with Crippen molar-refractivity contribution in [3.63, 3.8) is 0 Å². The molecule has 0 saturated heterocycles. The second-order valence-corrected chi connectivity index (χ2v) is 3.19. The van der Waals surface area contributed by atoms with Crippen LogP contribution in [0.4, 0.5) is 4.39 Å². The number of methoxy groups -OCH3 is 1. The van der Waals surface area contributed by atoms with E-state index in [1.54, 1.807) is 19.1 Å². The van der Waals surface area contributed by atoms with Crippen molar-refractivity contribution < 1.29 is 18.3 Å². The topological polar surface area (TPSA) is 39.4 Å². The molecule has 1 aromatic carbocycles. The Morgan fingerprint density at radius 1 is 1.47 bits per heavy atom. The molecule has 1 heterocycles. The van der Waals surface area contributed by atoms with Gasteiger partial charge in [0.25, 0.3) is 0 Å². The molecule has 0 spiro atoms. The van der Waals surface area contributed by atoms with Crippen LogP contribution in [0.5, 0.6) is 0 Å². The predicted molar refractivity (Wildman–Crippen MR) is 52.2 cm³/mol. The molecular formula is C11H9FO3. The molecule has 0 aliphatic heterocycles. The zero-order valence-corrected chi connectivity index (χ0v) is 8.33. The Labute approximate surface area is 85.4 Å². The van der Waals surface area contributed by atoms with E-state index in [4.69, 9.17) is 4.42 Å². The number of aryl methyl sites for hydroxylation is 1. The minimum absolute atomic E-state index is 0.150. The second kappa shape index (κ2) is 3.38. The molecule has 4 heteroatoms. The first kappa shape index (κ1) is 9.71. The number of hydrogen-bond donors (Lipinski definition) is 0. The summed E-state index contributed by atoms with van der Waals surface area (Å²) in [4.78, 5) is 11.3. The number of benzene rings is 1. The molecule has 0 aliphatic carbocycles. The average molecular weight is 208 g/mol. The predicted octanol–water partition coefficient (Wildman–Crippen LogP) is 2.67. The van der Waals surface area contributed by atoms with Crippen LogP contribution >= 0.6 is 0 Å². The summed E-state index contributed by atoms with van der Waals surface area (Å²) in [6, 6.07) is 4.53. The van der Waals surface area contributed by atoms with E-state index in [1.807, 2.05) is 0 Å². The number of halogens is 1. The van der Waals surface area contributed by atoms with Crippen LogP contribution in [0.15, 0.2) is 22.6 Å². The lowest BCUT2D eigenvalue weighted by atomic mass is 10.1. The van der Waals surface area contributed by atoms with E-state index in [0.29, 0.717) is 11.1 Å². The molecule has 3 nitrogen and oxygen atoms in total. The number of hydrogen-bond acceptors (Lipinski definition) is 3.